The quantitative estimate of drug-likeness (QED) is 0.832. The number of phenolic OH excluding ortho intramolecular Hbond substituents is 1. The van der Waals surface area contributed by atoms with Crippen LogP contribution >= 0.6 is 0 Å². The van der Waals surface area contributed by atoms with Crippen LogP contribution in [0.3, 0.4) is 0 Å². The van der Waals surface area contributed by atoms with Crippen molar-refractivity contribution in [2.45, 2.75) is 18.2 Å². The van der Waals surface area contributed by atoms with Gasteiger partial charge in [-0.3, -0.25) is 0 Å². The molecule has 19 heavy (non-hydrogen) atoms. The lowest BCUT2D eigenvalue weighted by Crippen LogP contribution is -2.26. The molecule has 0 saturated heterocycles. The average molecular weight is 283 g/mol. The maximum absolute atomic E-state index is 11.9. The minimum Gasteiger partial charge on any atom is -0.508 e. The third-order valence-corrected chi connectivity index (χ3v) is 3.80. The molecule has 0 bridgehead atoms. The topological polar surface area (TPSA) is 105 Å². The molecule has 1 heterocycles. The zero-order chi connectivity index (χ0) is 13.9. The van der Waals surface area contributed by atoms with Gasteiger partial charge in [0.1, 0.15) is 5.75 Å². The molecule has 0 unspecified atom stereocenters. The molecular formula is C11H13N3O4S. The van der Waals surface area contributed by atoms with Crippen molar-refractivity contribution in [2.75, 3.05) is 6.54 Å². The zero-order valence-electron chi connectivity index (χ0n) is 10.2. The molecule has 1 aromatic carbocycles. The van der Waals surface area contributed by atoms with Crippen LogP contribution in [-0.4, -0.2) is 30.2 Å². The molecule has 102 valence electrons. The second-order valence-electron chi connectivity index (χ2n) is 3.87. The lowest BCUT2D eigenvalue weighted by Gasteiger charge is -2.05. The first kappa shape index (κ1) is 13.5. The molecule has 0 amide bonds. The van der Waals surface area contributed by atoms with Gasteiger partial charge in [0.2, 0.25) is 15.9 Å². The van der Waals surface area contributed by atoms with Crippen molar-refractivity contribution >= 4 is 10.0 Å². The first-order chi connectivity index (χ1) is 8.97. The van der Waals surface area contributed by atoms with Gasteiger partial charge in [0.05, 0.1) is 4.90 Å². The number of aromatic hydroxyl groups is 1. The summed E-state index contributed by atoms with van der Waals surface area (Å²) in [7, 11) is -3.64. The van der Waals surface area contributed by atoms with Crippen LogP contribution in [0.4, 0.5) is 0 Å². The third kappa shape index (κ3) is 3.52. The van der Waals surface area contributed by atoms with Crippen molar-refractivity contribution in [3.05, 3.63) is 36.0 Å². The van der Waals surface area contributed by atoms with Gasteiger partial charge < -0.3 is 9.63 Å². The number of hydrogen-bond acceptors (Lipinski definition) is 6. The number of hydrogen-bond donors (Lipinski definition) is 2. The maximum atomic E-state index is 11.9. The van der Waals surface area contributed by atoms with E-state index in [9.17, 15) is 13.5 Å². The molecule has 0 fully saturated rings. The molecule has 2 N–H and O–H groups in total. The van der Waals surface area contributed by atoms with Crippen molar-refractivity contribution in [1.82, 2.24) is 14.9 Å². The summed E-state index contributed by atoms with van der Waals surface area (Å²) in [4.78, 5) is 3.98. The third-order valence-electron chi connectivity index (χ3n) is 2.34. The van der Waals surface area contributed by atoms with E-state index in [0.29, 0.717) is 18.1 Å². The lowest BCUT2D eigenvalue weighted by atomic mass is 10.3. The van der Waals surface area contributed by atoms with Crippen LogP contribution < -0.4 is 4.72 Å². The first-order valence-corrected chi connectivity index (χ1v) is 7.03. The number of aromatic nitrogens is 2. The van der Waals surface area contributed by atoms with Crippen LogP contribution in [-0.2, 0) is 16.4 Å². The predicted octanol–water partition coefficient (Wildman–Crippen LogP) is 0.605. The van der Waals surface area contributed by atoms with E-state index in [0.717, 1.165) is 0 Å². The largest absolute Gasteiger partial charge is 0.508 e. The average Bonchev–Trinajstić information content (AvgIpc) is 2.75. The van der Waals surface area contributed by atoms with E-state index in [-0.39, 0.29) is 17.2 Å². The van der Waals surface area contributed by atoms with E-state index in [4.69, 9.17) is 4.52 Å². The minimum absolute atomic E-state index is 0.0109. The molecule has 0 aliphatic heterocycles. The van der Waals surface area contributed by atoms with E-state index in [1.54, 1.807) is 6.92 Å². The molecule has 0 spiro atoms. The Labute approximate surface area is 110 Å². The van der Waals surface area contributed by atoms with Crippen LogP contribution in [0.25, 0.3) is 0 Å². The Morgan fingerprint density at radius 3 is 2.84 bits per heavy atom. The summed E-state index contributed by atoms with van der Waals surface area (Å²) in [5.74, 6) is 0.776. The Bertz CT molecular complexity index is 666. The highest BCUT2D eigenvalue weighted by Crippen LogP contribution is 2.15. The summed E-state index contributed by atoms with van der Waals surface area (Å²) in [5.41, 5.74) is 0. The van der Waals surface area contributed by atoms with Gasteiger partial charge in [-0.15, -0.1) is 0 Å². The van der Waals surface area contributed by atoms with Crippen LogP contribution in [0.15, 0.2) is 33.7 Å². The van der Waals surface area contributed by atoms with Gasteiger partial charge in [-0.05, 0) is 18.2 Å². The molecule has 0 aliphatic rings. The summed E-state index contributed by atoms with van der Waals surface area (Å²) in [6, 6.07) is 5.45. The molecule has 0 aliphatic carbocycles. The number of phenols is 1. The Morgan fingerprint density at radius 1 is 1.42 bits per heavy atom. The molecule has 0 saturated carbocycles. The maximum Gasteiger partial charge on any atom is 0.240 e. The number of rotatable bonds is 5. The second kappa shape index (κ2) is 5.37. The fraction of sp³-hybridized carbons (Fsp3) is 0.273. The first-order valence-electron chi connectivity index (χ1n) is 5.55. The smallest absolute Gasteiger partial charge is 0.240 e. The molecule has 7 nitrogen and oxygen atoms in total. The minimum atomic E-state index is -3.64. The van der Waals surface area contributed by atoms with Crippen molar-refractivity contribution in [1.29, 1.82) is 0 Å². The molecule has 2 rings (SSSR count). The summed E-state index contributed by atoms with van der Waals surface area (Å²) in [6.45, 7) is 1.81. The lowest BCUT2D eigenvalue weighted by molar-refractivity contribution is 0.387. The molecule has 1 aromatic heterocycles. The Morgan fingerprint density at radius 2 is 2.21 bits per heavy atom. The molecule has 0 radical (unpaired) electrons. The van der Waals surface area contributed by atoms with Crippen LogP contribution in [0.1, 0.15) is 11.7 Å². The van der Waals surface area contributed by atoms with Crippen LogP contribution in [0.2, 0.25) is 0 Å². The number of nitrogens with one attached hydrogen (secondary N) is 1. The highest BCUT2D eigenvalue weighted by Gasteiger charge is 2.14. The Balaban J connectivity index is 1.98. The summed E-state index contributed by atoms with van der Waals surface area (Å²) in [5, 5.41) is 12.9. The SMILES string of the molecule is Cc1nc(CCNS(=O)(=O)c2cccc(O)c2)no1. The number of nitrogens with zero attached hydrogens (tertiary/aromatic N) is 2. The van der Waals surface area contributed by atoms with E-state index in [1.165, 1.54) is 24.3 Å². The molecular weight excluding hydrogens is 270 g/mol. The number of benzene rings is 1. The van der Waals surface area contributed by atoms with Gasteiger partial charge in [-0.25, -0.2) is 13.1 Å². The van der Waals surface area contributed by atoms with Crippen molar-refractivity contribution < 1.29 is 18.0 Å². The highest BCUT2D eigenvalue weighted by molar-refractivity contribution is 7.89. The summed E-state index contributed by atoms with van der Waals surface area (Å²) >= 11 is 0. The van der Waals surface area contributed by atoms with Gasteiger partial charge >= 0.3 is 0 Å². The Kier molecular flexibility index (Phi) is 3.82. The molecule has 0 atom stereocenters. The zero-order valence-corrected chi connectivity index (χ0v) is 11.0. The molecule has 8 heteroatoms. The highest BCUT2D eigenvalue weighted by atomic mass is 32.2. The van der Waals surface area contributed by atoms with Crippen LogP contribution in [0, 0.1) is 6.92 Å². The standard InChI is InChI=1S/C11H13N3O4S/c1-8-13-11(14-18-8)5-6-12-19(16,17)10-4-2-3-9(15)7-10/h2-4,7,12,15H,5-6H2,1H3. The van der Waals surface area contributed by atoms with Gasteiger partial charge in [0, 0.05) is 19.9 Å². The van der Waals surface area contributed by atoms with Crippen LogP contribution in [0.5, 0.6) is 5.75 Å². The predicted molar refractivity (Wildman–Crippen MR) is 66.0 cm³/mol. The Hall–Kier alpha value is -1.93. The van der Waals surface area contributed by atoms with E-state index >= 15 is 0 Å². The molecule has 2 aromatic rings. The normalized spacial score (nSPS) is 11.6. The monoisotopic (exact) mass is 283 g/mol. The summed E-state index contributed by atoms with van der Waals surface area (Å²) < 4.78 is 31.0. The van der Waals surface area contributed by atoms with E-state index < -0.39 is 10.0 Å². The van der Waals surface area contributed by atoms with E-state index in [1.807, 2.05) is 0 Å². The number of sulfonamides is 1. The van der Waals surface area contributed by atoms with E-state index in [2.05, 4.69) is 14.9 Å². The fourth-order valence-electron chi connectivity index (χ4n) is 1.47. The van der Waals surface area contributed by atoms with Gasteiger partial charge in [0.15, 0.2) is 5.82 Å². The van der Waals surface area contributed by atoms with Crippen molar-refractivity contribution in [3.8, 4) is 5.75 Å². The van der Waals surface area contributed by atoms with Gasteiger partial charge in [-0.2, -0.15) is 4.98 Å². The summed E-state index contributed by atoms with van der Waals surface area (Å²) in [6.07, 6.45) is 0.329. The second-order valence-corrected chi connectivity index (χ2v) is 5.64. The van der Waals surface area contributed by atoms with Gasteiger partial charge in [-0.1, -0.05) is 11.2 Å². The fourth-order valence-corrected chi connectivity index (χ4v) is 2.55. The van der Waals surface area contributed by atoms with Crippen molar-refractivity contribution in [2.24, 2.45) is 0 Å². The van der Waals surface area contributed by atoms with Crippen molar-refractivity contribution in [3.63, 3.8) is 0 Å². The van der Waals surface area contributed by atoms with Gasteiger partial charge in [0.25, 0.3) is 0 Å². The number of aryl methyl sites for hydroxylation is 1.